The molecule has 0 radical (unpaired) electrons. The lowest BCUT2D eigenvalue weighted by atomic mass is 9.99. The van der Waals surface area contributed by atoms with E-state index in [-0.39, 0.29) is 24.0 Å². The summed E-state index contributed by atoms with van der Waals surface area (Å²) in [4.78, 5) is 7.17. The molecule has 0 saturated carbocycles. The zero-order valence-electron chi connectivity index (χ0n) is 18.7. The van der Waals surface area contributed by atoms with Crippen LogP contribution in [0.5, 0.6) is 0 Å². The van der Waals surface area contributed by atoms with Gasteiger partial charge in [0.2, 0.25) is 0 Å². The van der Waals surface area contributed by atoms with Gasteiger partial charge in [0.15, 0.2) is 15.8 Å². The van der Waals surface area contributed by atoms with Crippen LogP contribution in [-0.2, 0) is 27.7 Å². The third-order valence-electron chi connectivity index (χ3n) is 6.16. The highest BCUT2D eigenvalue weighted by Crippen LogP contribution is 2.28. The highest BCUT2D eigenvalue weighted by molar-refractivity contribution is 14.0. The van der Waals surface area contributed by atoms with Gasteiger partial charge in [0.05, 0.1) is 11.3 Å². The van der Waals surface area contributed by atoms with Gasteiger partial charge < -0.3 is 15.4 Å². The van der Waals surface area contributed by atoms with Crippen molar-refractivity contribution in [2.45, 2.75) is 50.4 Å². The minimum atomic E-state index is -3.21. The molecule has 2 saturated heterocycles. The molecule has 0 aromatic heterocycles. The maximum atomic E-state index is 12.5. The first kappa shape index (κ1) is 26.3. The van der Waals surface area contributed by atoms with Crippen LogP contribution in [0.15, 0.2) is 29.3 Å². The molecule has 3 rings (SSSR count). The molecule has 0 atom stereocenters. The summed E-state index contributed by atoms with van der Waals surface area (Å²) in [6.07, 6.45) is 4.96. The molecule has 31 heavy (non-hydrogen) atoms. The molecule has 7 nitrogen and oxygen atoms in total. The number of rotatable bonds is 8. The predicted molar refractivity (Wildman–Crippen MR) is 137 cm³/mol. The number of guanidine groups is 1. The molecular formula is C22H37IN4O3S. The van der Waals surface area contributed by atoms with Crippen LogP contribution in [0.1, 0.15) is 43.7 Å². The lowest BCUT2D eigenvalue weighted by molar-refractivity contribution is 0.0756. The van der Waals surface area contributed by atoms with Crippen LogP contribution < -0.4 is 10.6 Å². The minimum Gasteiger partial charge on any atom is -0.381 e. The van der Waals surface area contributed by atoms with Gasteiger partial charge in [-0.15, -0.1) is 24.0 Å². The molecule has 0 bridgehead atoms. The Labute approximate surface area is 204 Å². The van der Waals surface area contributed by atoms with Crippen molar-refractivity contribution in [3.05, 3.63) is 35.4 Å². The van der Waals surface area contributed by atoms with Crippen LogP contribution in [0.3, 0.4) is 0 Å². The first-order chi connectivity index (χ1) is 14.4. The van der Waals surface area contributed by atoms with Crippen LogP contribution in [0.25, 0.3) is 0 Å². The van der Waals surface area contributed by atoms with Crippen molar-refractivity contribution in [2.24, 2.45) is 4.99 Å². The molecular weight excluding hydrogens is 527 g/mol. The Kier molecular flexibility index (Phi) is 10.5. The molecule has 0 aliphatic carbocycles. The number of ether oxygens (including phenoxy) is 1. The Bertz CT molecular complexity index is 803. The quantitative estimate of drug-likeness (QED) is 0.287. The lowest BCUT2D eigenvalue weighted by Gasteiger charge is -2.35. The van der Waals surface area contributed by atoms with Crippen LogP contribution in [0.2, 0.25) is 0 Å². The smallest absolute Gasteiger partial charge is 0.191 e. The SMILES string of the molecule is CCNC(=NCc1ccc(CN2CCCC2)cc1)NCC1(S(C)(=O)=O)CCOCC1.I. The third-order valence-corrected chi connectivity index (χ3v) is 8.29. The summed E-state index contributed by atoms with van der Waals surface area (Å²) in [5.74, 6) is 0.646. The van der Waals surface area contributed by atoms with Gasteiger partial charge in [-0.3, -0.25) is 4.90 Å². The molecule has 176 valence electrons. The fourth-order valence-electron chi connectivity index (χ4n) is 4.13. The first-order valence-corrected chi connectivity index (χ1v) is 12.9. The monoisotopic (exact) mass is 564 g/mol. The number of likely N-dealkylation sites (tertiary alicyclic amines) is 1. The molecule has 2 N–H and O–H groups in total. The van der Waals surface area contributed by atoms with Crippen molar-refractivity contribution >= 4 is 39.8 Å². The van der Waals surface area contributed by atoms with E-state index in [4.69, 9.17) is 4.74 Å². The number of benzene rings is 1. The van der Waals surface area contributed by atoms with E-state index >= 15 is 0 Å². The van der Waals surface area contributed by atoms with E-state index in [2.05, 4.69) is 44.8 Å². The Hall–Kier alpha value is -0.910. The Morgan fingerprint density at radius 3 is 2.29 bits per heavy atom. The summed E-state index contributed by atoms with van der Waals surface area (Å²) in [6.45, 7) is 7.99. The second kappa shape index (κ2) is 12.4. The third kappa shape index (κ3) is 7.57. The van der Waals surface area contributed by atoms with Crippen LogP contribution in [0.4, 0.5) is 0 Å². The van der Waals surface area contributed by atoms with Gasteiger partial charge in [-0.05, 0) is 56.8 Å². The topological polar surface area (TPSA) is 83.0 Å². The Balaban J connectivity index is 0.00000341. The normalized spacial score (nSPS) is 19.6. The van der Waals surface area contributed by atoms with Crippen LogP contribution >= 0.6 is 24.0 Å². The first-order valence-electron chi connectivity index (χ1n) is 11.0. The number of hydrogen-bond donors (Lipinski definition) is 2. The predicted octanol–water partition coefficient (Wildman–Crippen LogP) is 2.55. The molecule has 2 fully saturated rings. The van der Waals surface area contributed by atoms with Crippen molar-refractivity contribution < 1.29 is 13.2 Å². The van der Waals surface area contributed by atoms with Gasteiger partial charge in [-0.25, -0.2) is 13.4 Å². The zero-order chi connectivity index (χ0) is 21.5. The van der Waals surface area contributed by atoms with Gasteiger partial charge >= 0.3 is 0 Å². The minimum absolute atomic E-state index is 0. The molecule has 9 heteroatoms. The average molecular weight is 565 g/mol. The van der Waals surface area contributed by atoms with Gasteiger partial charge in [-0.1, -0.05) is 24.3 Å². The maximum absolute atomic E-state index is 12.5. The highest BCUT2D eigenvalue weighted by Gasteiger charge is 2.42. The molecule has 0 spiro atoms. The van der Waals surface area contributed by atoms with Crippen molar-refractivity contribution in [1.82, 2.24) is 15.5 Å². The Morgan fingerprint density at radius 1 is 1.10 bits per heavy atom. The molecule has 2 aliphatic rings. The second-order valence-corrected chi connectivity index (χ2v) is 10.8. The molecule has 0 amide bonds. The summed E-state index contributed by atoms with van der Waals surface area (Å²) >= 11 is 0. The van der Waals surface area contributed by atoms with Crippen molar-refractivity contribution in [1.29, 1.82) is 0 Å². The largest absolute Gasteiger partial charge is 0.381 e. The van der Waals surface area contributed by atoms with E-state index in [0.29, 0.717) is 45.1 Å². The number of sulfone groups is 1. The van der Waals surface area contributed by atoms with E-state index in [1.54, 1.807) is 0 Å². The summed E-state index contributed by atoms with van der Waals surface area (Å²) in [5, 5.41) is 6.49. The summed E-state index contributed by atoms with van der Waals surface area (Å²) in [6, 6.07) is 8.64. The molecule has 2 aliphatic heterocycles. The molecule has 1 aromatic carbocycles. The number of nitrogens with zero attached hydrogens (tertiary/aromatic N) is 2. The highest BCUT2D eigenvalue weighted by atomic mass is 127. The molecule has 1 aromatic rings. The fraction of sp³-hybridized carbons (Fsp3) is 0.682. The zero-order valence-corrected chi connectivity index (χ0v) is 21.9. The fourth-order valence-corrected chi connectivity index (χ4v) is 5.37. The average Bonchev–Trinajstić information content (AvgIpc) is 3.24. The standard InChI is InChI=1S/C22H36N4O3S.HI/c1-3-23-21(25-18-22(30(2,27)28)10-14-29-15-11-22)24-16-19-6-8-20(9-7-19)17-26-12-4-5-13-26;/h6-9H,3-5,10-18H2,1-2H3,(H2,23,24,25);1H. The molecule has 2 heterocycles. The Morgan fingerprint density at radius 2 is 1.71 bits per heavy atom. The van der Waals surface area contributed by atoms with E-state index in [1.807, 2.05) is 6.92 Å². The summed E-state index contributed by atoms with van der Waals surface area (Å²) in [7, 11) is -3.21. The lowest BCUT2D eigenvalue weighted by Crippen LogP contribution is -2.53. The summed E-state index contributed by atoms with van der Waals surface area (Å²) < 4.78 is 29.5. The summed E-state index contributed by atoms with van der Waals surface area (Å²) in [5.41, 5.74) is 2.48. The van der Waals surface area contributed by atoms with E-state index < -0.39 is 14.6 Å². The second-order valence-electron chi connectivity index (χ2n) is 8.42. The number of nitrogens with one attached hydrogen (secondary N) is 2. The van der Waals surface area contributed by atoms with Crippen LogP contribution in [0, 0.1) is 0 Å². The molecule has 0 unspecified atom stereocenters. The number of aliphatic imine (C=N–C) groups is 1. The van der Waals surface area contributed by atoms with Gasteiger partial charge in [0.25, 0.3) is 0 Å². The van der Waals surface area contributed by atoms with E-state index in [9.17, 15) is 8.42 Å². The maximum Gasteiger partial charge on any atom is 0.191 e. The van der Waals surface area contributed by atoms with Gasteiger partial charge in [-0.2, -0.15) is 0 Å². The van der Waals surface area contributed by atoms with Crippen molar-refractivity contribution in [2.75, 3.05) is 45.6 Å². The number of hydrogen-bond acceptors (Lipinski definition) is 5. The van der Waals surface area contributed by atoms with Crippen LogP contribution in [-0.4, -0.2) is 69.7 Å². The van der Waals surface area contributed by atoms with Crippen molar-refractivity contribution in [3.8, 4) is 0 Å². The van der Waals surface area contributed by atoms with E-state index in [1.165, 1.54) is 37.8 Å². The van der Waals surface area contributed by atoms with E-state index in [0.717, 1.165) is 18.7 Å². The van der Waals surface area contributed by atoms with Gasteiger partial charge in [0.1, 0.15) is 0 Å². The van der Waals surface area contributed by atoms with Crippen molar-refractivity contribution in [3.63, 3.8) is 0 Å². The number of halogens is 1. The van der Waals surface area contributed by atoms with Gasteiger partial charge in [0, 0.05) is 39.1 Å².